The SMILES string of the molecule is NCCn1c2c([nH]c1=S)CCCN2. The highest BCUT2D eigenvalue weighted by Crippen LogP contribution is 2.20. The van der Waals surface area contributed by atoms with Crippen LogP contribution < -0.4 is 11.1 Å². The molecule has 0 atom stereocenters. The molecule has 1 aromatic rings. The standard InChI is InChI=1S/C8H14N4S/c9-3-5-12-7-6(11-8(12)13)2-1-4-10-7/h10H,1-5,9H2,(H,11,13). The number of H-pyrrole nitrogens is 1. The summed E-state index contributed by atoms with van der Waals surface area (Å²) >= 11 is 5.20. The maximum absolute atomic E-state index is 5.51. The summed E-state index contributed by atoms with van der Waals surface area (Å²) in [6.45, 7) is 2.45. The summed E-state index contributed by atoms with van der Waals surface area (Å²) < 4.78 is 2.83. The van der Waals surface area contributed by atoms with Crippen molar-refractivity contribution in [2.45, 2.75) is 19.4 Å². The molecule has 0 fully saturated rings. The third-order valence-electron chi connectivity index (χ3n) is 2.31. The van der Waals surface area contributed by atoms with Crippen LogP contribution in [0.5, 0.6) is 0 Å². The second kappa shape index (κ2) is 3.51. The predicted octanol–water partition coefficient (Wildman–Crippen LogP) is 0.862. The van der Waals surface area contributed by atoms with E-state index in [9.17, 15) is 0 Å². The van der Waals surface area contributed by atoms with Gasteiger partial charge in [-0.2, -0.15) is 0 Å². The van der Waals surface area contributed by atoms with E-state index < -0.39 is 0 Å². The highest BCUT2D eigenvalue weighted by molar-refractivity contribution is 7.71. The van der Waals surface area contributed by atoms with Crippen LogP contribution in [-0.4, -0.2) is 22.6 Å². The molecule has 0 aromatic carbocycles. The van der Waals surface area contributed by atoms with Gasteiger partial charge in [-0.05, 0) is 25.1 Å². The van der Waals surface area contributed by atoms with E-state index in [-0.39, 0.29) is 0 Å². The molecule has 4 N–H and O–H groups in total. The molecule has 0 unspecified atom stereocenters. The minimum atomic E-state index is 0.625. The van der Waals surface area contributed by atoms with Crippen LogP contribution in [-0.2, 0) is 13.0 Å². The van der Waals surface area contributed by atoms with E-state index in [1.54, 1.807) is 0 Å². The van der Waals surface area contributed by atoms with Crippen LogP contribution in [0.3, 0.4) is 0 Å². The summed E-state index contributed by atoms with van der Waals surface area (Å²) in [6.07, 6.45) is 2.26. The van der Waals surface area contributed by atoms with Crippen molar-refractivity contribution in [2.75, 3.05) is 18.4 Å². The van der Waals surface area contributed by atoms with Gasteiger partial charge in [0.05, 0.1) is 5.69 Å². The number of anilines is 1. The summed E-state index contributed by atoms with van der Waals surface area (Å²) in [6, 6.07) is 0. The Morgan fingerprint density at radius 2 is 2.38 bits per heavy atom. The number of imidazole rings is 1. The fraction of sp³-hybridized carbons (Fsp3) is 0.625. The zero-order chi connectivity index (χ0) is 9.26. The molecule has 0 radical (unpaired) electrons. The van der Waals surface area contributed by atoms with Gasteiger partial charge in [0.1, 0.15) is 5.82 Å². The van der Waals surface area contributed by atoms with Gasteiger partial charge in [-0.15, -0.1) is 0 Å². The highest BCUT2D eigenvalue weighted by atomic mass is 32.1. The molecule has 0 amide bonds. The number of hydrogen-bond donors (Lipinski definition) is 3. The zero-order valence-electron chi connectivity index (χ0n) is 7.47. The van der Waals surface area contributed by atoms with Crippen LogP contribution in [0.4, 0.5) is 5.82 Å². The first-order valence-corrected chi connectivity index (χ1v) is 4.99. The van der Waals surface area contributed by atoms with Crippen molar-refractivity contribution in [1.29, 1.82) is 0 Å². The first-order chi connectivity index (χ1) is 6.33. The van der Waals surface area contributed by atoms with Crippen LogP contribution in [0, 0.1) is 4.77 Å². The maximum atomic E-state index is 5.51. The normalized spacial score (nSPS) is 15.2. The molecule has 2 heterocycles. The summed E-state index contributed by atoms with van der Waals surface area (Å²) in [5, 5.41) is 3.35. The largest absolute Gasteiger partial charge is 0.370 e. The molecule has 4 nitrogen and oxygen atoms in total. The number of aromatic nitrogens is 2. The van der Waals surface area contributed by atoms with Crippen LogP contribution in [0.25, 0.3) is 0 Å². The lowest BCUT2D eigenvalue weighted by atomic mass is 10.2. The van der Waals surface area contributed by atoms with Crippen molar-refractivity contribution in [3.8, 4) is 0 Å². The molecule has 5 heteroatoms. The van der Waals surface area contributed by atoms with Gasteiger partial charge in [-0.25, -0.2) is 0 Å². The minimum absolute atomic E-state index is 0.625. The number of nitrogens with two attached hydrogens (primary N) is 1. The lowest BCUT2D eigenvalue weighted by Gasteiger charge is -2.15. The Labute approximate surface area is 82.1 Å². The van der Waals surface area contributed by atoms with Gasteiger partial charge < -0.3 is 20.6 Å². The molecule has 1 aliphatic heterocycles. The van der Waals surface area contributed by atoms with Crippen molar-refractivity contribution >= 4 is 18.0 Å². The number of aryl methyl sites for hydroxylation is 1. The Hall–Kier alpha value is -0.810. The molecular formula is C8H14N4S. The highest BCUT2D eigenvalue weighted by Gasteiger charge is 2.14. The van der Waals surface area contributed by atoms with Gasteiger partial charge in [0.25, 0.3) is 0 Å². The predicted molar refractivity (Wildman–Crippen MR) is 55.5 cm³/mol. The fourth-order valence-corrected chi connectivity index (χ4v) is 2.02. The zero-order valence-corrected chi connectivity index (χ0v) is 8.28. The number of hydrogen-bond acceptors (Lipinski definition) is 3. The third kappa shape index (κ3) is 1.49. The number of aromatic amines is 1. The number of fused-ring (bicyclic) bond motifs is 1. The molecule has 0 bridgehead atoms. The molecule has 13 heavy (non-hydrogen) atoms. The van der Waals surface area contributed by atoms with Crippen molar-refractivity contribution in [3.63, 3.8) is 0 Å². The van der Waals surface area contributed by atoms with Crippen LogP contribution >= 0.6 is 12.2 Å². The lowest BCUT2D eigenvalue weighted by molar-refractivity contribution is 0.693. The first-order valence-electron chi connectivity index (χ1n) is 4.58. The van der Waals surface area contributed by atoms with Crippen molar-refractivity contribution in [3.05, 3.63) is 10.5 Å². The smallest absolute Gasteiger partial charge is 0.179 e. The summed E-state index contributed by atoms with van der Waals surface area (Å²) in [7, 11) is 0. The summed E-state index contributed by atoms with van der Waals surface area (Å²) in [5.41, 5.74) is 6.74. The average Bonchev–Trinajstić information content (AvgIpc) is 2.44. The Kier molecular flexibility index (Phi) is 2.37. The minimum Gasteiger partial charge on any atom is -0.370 e. The summed E-state index contributed by atoms with van der Waals surface area (Å²) in [5.74, 6) is 1.14. The quantitative estimate of drug-likeness (QED) is 0.618. The first kappa shape index (κ1) is 8.77. The second-order valence-corrected chi connectivity index (χ2v) is 3.61. The van der Waals surface area contributed by atoms with Crippen LogP contribution in [0.15, 0.2) is 0 Å². The maximum Gasteiger partial charge on any atom is 0.179 e. The monoisotopic (exact) mass is 198 g/mol. The van der Waals surface area contributed by atoms with Gasteiger partial charge in [0.15, 0.2) is 4.77 Å². The third-order valence-corrected chi connectivity index (χ3v) is 2.63. The van der Waals surface area contributed by atoms with Crippen LogP contribution in [0.2, 0.25) is 0 Å². The van der Waals surface area contributed by atoms with E-state index in [4.69, 9.17) is 18.0 Å². The second-order valence-electron chi connectivity index (χ2n) is 3.23. The van der Waals surface area contributed by atoms with Crippen LogP contribution in [0.1, 0.15) is 12.1 Å². The van der Waals surface area contributed by atoms with Gasteiger partial charge in [0, 0.05) is 19.6 Å². The Morgan fingerprint density at radius 1 is 1.54 bits per heavy atom. The van der Waals surface area contributed by atoms with E-state index in [1.807, 2.05) is 4.57 Å². The lowest BCUT2D eigenvalue weighted by Crippen LogP contribution is -2.17. The van der Waals surface area contributed by atoms with Crippen molar-refractivity contribution in [2.24, 2.45) is 5.73 Å². The Bertz CT molecular complexity index is 352. The van der Waals surface area contributed by atoms with E-state index in [2.05, 4.69) is 10.3 Å². The van der Waals surface area contributed by atoms with Gasteiger partial charge in [-0.1, -0.05) is 0 Å². The van der Waals surface area contributed by atoms with Crippen molar-refractivity contribution in [1.82, 2.24) is 9.55 Å². The summed E-state index contributed by atoms with van der Waals surface area (Å²) in [4.78, 5) is 3.21. The van der Waals surface area contributed by atoms with Crippen molar-refractivity contribution < 1.29 is 0 Å². The Balaban J connectivity index is 2.42. The molecule has 2 rings (SSSR count). The van der Waals surface area contributed by atoms with E-state index >= 15 is 0 Å². The molecule has 1 aromatic heterocycles. The average molecular weight is 198 g/mol. The number of rotatable bonds is 2. The van der Waals surface area contributed by atoms with E-state index in [0.29, 0.717) is 6.54 Å². The Morgan fingerprint density at radius 3 is 3.15 bits per heavy atom. The molecular weight excluding hydrogens is 184 g/mol. The molecule has 0 spiro atoms. The van der Waals surface area contributed by atoms with Gasteiger partial charge in [0.2, 0.25) is 0 Å². The van der Waals surface area contributed by atoms with E-state index in [0.717, 1.165) is 30.1 Å². The molecule has 0 saturated carbocycles. The molecule has 0 aliphatic carbocycles. The van der Waals surface area contributed by atoms with Gasteiger partial charge in [-0.3, -0.25) is 0 Å². The number of nitrogens with one attached hydrogen (secondary N) is 2. The topological polar surface area (TPSA) is 58.8 Å². The number of nitrogens with zero attached hydrogens (tertiary/aromatic N) is 1. The molecule has 0 saturated heterocycles. The van der Waals surface area contributed by atoms with Gasteiger partial charge >= 0.3 is 0 Å². The fourth-order valence-electron chi connectivity index (χ4n) is 1.72. The van der Waals surface area contributed by atoms with E-state index in [1.165, 1.54) is 12.1 Å². The molecule has 72 valence electrons. The molecule has 1 aliphatic rings.